The molecule has 3 aromatic rings. The van der Waals surface area contributed by atoms with Gasteiger partial charge in [0, 0.05) is 23.2 Å². The van der Waals surface area contributed by atoms with Crippen LogP contribution < -0.4 is 5.32 Å². The number of carbonyl (C=O) groups is 1. The molecule has 0 atom stereocenters. The van der Waals surface area contributed by atoms with Gasteiger partial charge in [0.2, 0.25) is 0 Å². The molecule has 7 nitrogen and oxygen atoms in total. The first-order valence-corrected chi connectivity index (χ1v) is 9.78. The van der Waals surface area contributed by atoms with E-state index in [1.54, 1.807) is 16.8 Å². The molecule has 0 radical (unpaired) electrons. The van der Waals surface area contributed by atoms with Gasteiger partial charge in [-0.05, 0) is 58.0 Å². The van der Waals surface area contributed by atoms with E-state index in [1.807, 2.05) is 33.8 Å². The third-order valence-electron chi connectivity index (χ3n) is 3.77. The Morgan fingerprint density at radius 1 is 1.18 bits per heavy atom. The summed E-state index contributed by atoms with van der Waals surface area (Å²) in [5.74, 6) is -0.268. The van der Waals surface area contributed by atoms with Gasteiger partial charge in [0.15, 0.2) is 10.9 Å². The van der Waals surface area contributed by atoms with Crippen LogP contribution in [0.25, 0.3) is 5.69 Å². The van der Waals surface area contributed by atoms with Gasteiger partial charge in [-0.25, -0.2) is 19.0 Å². The van der Waals surface area contributed by atoms with Crippen molar-refractivity contribution in [2.24, 2.45) is 0 Å². The van der Waals surface area contributed by atoms with Gasteiger partial charge >= 0.3 is 0 Å². The fourth-order valence-corrected chi connectivity index (χ4v) is 3.56. The van der Waals surface area contributed by atoms with Gasteiger partial charge in [0.1, 0.15) is 5.82 Å². The monoisotopic (exact) mass is 400 g/mol. The van der Waals surface area contributed by atoms with Crippen molar-refractivity contribution in [2.75, 3.05) is 0 Å². The summed E-state index contributed by atoms with van der Waals surface area (Å²) in [6.07, 6.45) is 0. The smallest absolute Gasteiger partial charge is 0.274 e. The number of nitrogens with one attached hydrogen (secondary N) is 1. The van der Waals surface area contributed by atoms with Crippen molar-refractivity contribution in [2.45, 2.75) is 44.6 Å². The SMILES string of the molecule is Cc1cc(C)nc(SCc2c(C(=O)NC(C)C)nnn2-c2ccc(F)cc2)n1. The first kappa shape index (κ1) is 19.9. The molecule has 0 spiro atoms. The van der Waals surface area contributed by atoms with Gasteiger partial charge in [-0.1, -0.05) is 17.0 Å². The molecule has 0 saturated carbocycles. The highest BCUT2D eigenvalue weighted by Crippen LogP contribution is 2.24. The molecule has 0 saturated heterocycles. The molecule has 2 heterocycles. The second kappa shape index (κ2) is 8.47. The van der Waals surface area contributed by atoms with Crippen molar-refractivity contribution in [1.29, 1.82) is 0 Å². The van der Waals surface area contributed by atoms with Crippen LogP contribution in [-0.4, -0.2) is 36.9 Å². The highest BCUT2D eigenvalue weighted by atomic mass is 32.2. The van der Waals surface area contributed by atoms with E-state index in [1.165, 1.54) is 23.9 Å². The second-order valence-electron chi connectivity index (χ2n) is 6.62. The van der Waals surface area contributed by atoms with Crippen LogP contribution >= 0.6 is 11.8 Å². The number of hydrogen-bond acceptors (Lipinski definition) is 6. The average molecular weight is 400 g/mol. The molecular formula is C19H21FN6OS. The quantitative estimate of drug-likeness (QED) is 0.505. The molecule has 0 aliphatic carbocycles. The fraction of sp³-hybridized carbons (Fsp3) is 0.316. The summed E-state index contributed by atoms with van der Waals surface area (Å²) >= 11 is 1.39. The van der Waals surface area contributed by atoms with E-state index in [9.17, 15) is 9.18 Å². The molecule has 0 fully saturated rings. The minimum atomic E-state index is -0.346. The van der Waals surface area contributed by atoms with Crippen LogP contribution in [0.4, 0.5) is 4.39 Å². The zero-order chi connectivity index (χ0) is 20.3. The molecule has 1 aromatic carbocycles. The van der Waals surface area contributed by atoms with E-state index in [0.717, 1.165) is 11.4 Å². The highest BCUT2D eigenvalue weighted by Gasteiger charge is 2.22. The van der Waals surface area contributed by atoms with Crippen LogP contribution in [0.15, 0.2) is 35.5 Å². The van der Waals surface area contributed by atoms with Crippen molar-refractivity contribution >= 4 is 17.7 Å². The standard InChI is InChI=1S/C19H21FN6OS/c1-11(2)21-18(27)17-16(10-28-19-22-12(3)9-13(4)23-19)26(25-24-17)15-7-5-14(20)6-8-15/h5-9,11H,10H2,1-4H3,(H,21,27). The molecule has 1 amide bonds. The summed E-state index contributed by atoms with van der Waals surface area (Å²) in [7, 11) is 0. The van der Waals surface area contributed by atoms with Crippen molar-refractivity contribution < 1.29 is 9.18 Å². The minimum absolute atomic E-state index is 0.0354. The van der Waals surface area contributed by atoms with E-state index < -0.39 is 0 Å². The molecule has 0 unspecified atom stereocenters. The Kier molecular flexibility index (Phi) is 6.03. The number of thioether (sulfide) groups is 1. The summed E-state index contributed by atoms with van der Waals surface area (Å²) in [4.78, 5) is 21.4. The Bertz CT molecular complexity index is 966. The second-order valence-corrected chi connectivity index (χ2v) is 7.57. The van der Waals surface area contributed by atoms with Gasteiger partial charge in [-0.2, -0.15) is 0 Å². The molecule has 3 rings (SSSR count). The topological polar surface area (TPSA) is 85.6 Å². The maximum atomic E-state index is 13.3. The highest BCUT2D eigenvalue weighted by molar-refractivity contribution is 7.98. The Labute approximate surface area is 166 Å². The molecule has 0 aliphatic rings. The minimum Gasteiger partial charge on any atom is -0.348 e. The molecule has 2 aromatic heterocycles. The van der Waals surface area contributed by atoms with E-state index in [0.29, 0.717) is 22.3 Å². The number of aromatic nitrogens is 5. The zero-order valence-corrected chi connectivity index (χ0v) is 16.9. The van der Waals surface area contributed by atoms with Crippen molar-refractivity contribution in [3.63, 3.8) is 0 Å². The van der Waals surface area contributed by atoms with Gasteiger partial charge in [-0.15, -0.1) is 5.10 Å². The number of nitrogens with zero attached hydrogens (tertiary/aromatic N) is 5. The fourth-order valence-electron chi connectivity index (χ4n) is 2.62. The Hall–Kier alpha value is -2.81. The number of carbonyl (C=O) groups excluding carboxylic acids is 1. The number of benzene rings is 1. The molecule has 146 valence electrons. The van der Waals surface area contributed by atoms with E-state index in [4.69, 9.17) is 0 Å². The van der Waals surface area contributed by atoms with Gasteiger partial charge in [0.05, 0.1) is 11.4 Å². The lowest BCUT2D eigenvalue weighted by Crippen LogP contribution is -2.31. The molecule has 0 bridgehead atoms. The van der Waals surface area contributed by atoms with Crippen LogP contribution in [0.5, 0.6) is 0 Å². The Morgan fingerprint density at radius 3 is 2.43 bits per heavy atom. The first-order valence-electron chi connectivity index (χ1n) is 8.80. The van der Waals surface area contributed by atoms with E-state index in [-0.39, 0.29) is 23.5 Å². The van der Waals surface area contributed by atoms with Crippen molar-refractivity contribution in [3.8, 4) is 5.69 Å². The largest absolute Gasteiger partial charge is 0.348 e. The van der Waals surface area contributed by atoms with Gasteiger partial charge in [0.25, 0.3) is 5.91 Å². The van der Waals surface area contributed by atoms with Crippen LogP contribution in [0, 0.1) is 19.7 Å². The summed E-state index contributed by atoms with van der Waals surface area (Å²) < 4.78 is 14.8. The van der Waals surface area contributed by atoms with Crippen LogP contribution in [-0.2, 0) is 5.75 Å². The summed E-state index contributed by atoms with van der Waals surface area (Å²) in [5.41, 5.74) is 3.19. The van der Waals surface area contributed by atoms with E-state index >= 15 is 0 Å². The summed E-state index contributed by atoms with van der Waals surface area (Å²) in [6.45, 7) is 7.56. The lowest BCUT2D eigenvalue weighted by Gasteiger charge is -2.10. The van der Waals surface area contributed by atoms with Crippen molar-refractivity contribution in [3.05, 3.63) is 58.9 Å². The van der Waals surface area contributed by atoms with Crippen LogP contribution in [0.2, 0.25) is 0 Å². The molecule has 1 N–H and O–H groups in total. The lowest BCUT2D eigenvalue weighted by atomic mass is 10.2. The molecule has 0 aliphatic heterocycles. The Morgan fingerprint density at radius 2 is 1.82 bits per heavy atom. The third-order valence-corrected chi connectivity index (χ3v) is 4.63. The third kappa shape index (κ3) is 4.72. The number of amides is 1. The predicted octanol–water partition coefficient (Wildman–Crippen LogP) is 3.24. The predicted molar refractivity (Wildman–Crippen MR) is 105 cm³/mol. The number of hydrogen-bond donors (Lipinski definition) is 1. The normalized spacial score (nSPS) is 11.1. The van der Waals surface area contributed by atoms with Crippen LogP contribution in [0.1, 0.15) is 41.4 Å². The van der Waals surface area contributed by atoms with Crippen molar-refractivity contribution in [1.82, 2.24) is 30.3 Å². The first-order chi connectivity index (χ1) is 13.3. The Balaban J connectivity index is 1.96. The summed E-state index contributed by atoms with van der Waals surface area (Å²) in [5, 5.41) is 11.6. The summed E-state index contributed by atoms with van der Waals surface area (Å²) in [6, 6.07) is 7.73. The lowest BCUT2D eigenvalue weighted by molar-refractivity contribution is 0.0937. The number of halogens is 1. The molecular weight excluding hydrogens is 379 g/mol. The zero-order valence-electron chi connectivity index (χ0n) is 16.1. The average Bonchev–Trinajstić information content (AvgIpc) is 3.03. The van der Waals surface area contributed by atoms with Crippen LogP contribution in [0.3, 0.4) is 0 Å². The number of rotatable bonds is 6. The van der Waals surface area contributed by atoms with Gasteiger partial charge in [-0.3, -0.25) is 4.79 Å². The maximum Gasteiger partial charge on any atom is 0.274 e. The van der Waals surface area contributed by atoms with Gasteiger partial charge < -0.3 is 5.32 Å². The maximum absolute atomic E-state index is 13.3. The molecule has 28 heavy (non-hydrogen) atoms. The number of aryl methyl sites for hydroxylation is 2. The van der Waals surface area contributed by atoms with E-state index in [2.05, 4.69) is 25.6 Å². The molecule has 9 heteroatoms.